The fourth-order valence-electron chi connectivity index (χ4n) is 2.18. The van der Waals surface area contributed by atoms with E-state index in [1.165, 1.54) is 0 Å². The molecule has 3 rings (SSSR count). The molecule has 1 saturated heterocycles. The Morgan fingerprint density at radius 3 is 2.88 bits per heavy atom. The van der Waals surface area contributed by atoms with Crippen molar-refractivity contribution in [2.45, 2.75) is 0 Å². The minimum Gasteiger partial charge on any atom is -0.355 e. The first-order valence-electron chi connectivity index (χ1n) is 5.79. The molecule has 2 aromatic rings. The van der Waals surface area contributed by atoms with Gasteiger partial charge in [-0.15, -0.1) is 0 Å². The fraction of sp³-hybridized carbons (Fsp3) is 0.333. The van der Waals surface area contributed by atoms with Gasteiger partial charge in [0.05, 0.1) is 0 Å². The van der Waals surface area contributed by atoms with E-state index in [9.17, 15) is 4.79 Å². The third-order valence-electron chi connectivity index (χ3n) is 3.00. The van der Waals surface area contributed by atoms with Gasteiger partial charge in [0, 0.05) is 38.4 Å². The van der Waals surface area contributed by atoms with Crippen molar-refractivity contribution in [1.29, 1.82) is 0 Å². The molecule has 0 radical (unpaired) electrons. The number of anilines is 1. The maximum Gasteiger partial charge on any atom is 0.275 e. The van der Waals surface area contributed by atoms with E-state index >= 15 is 0 Å². The third-order valence-corrected chi connectivity index (χ3v) is 3.00. The van der Waals surface area contributed by atoms with Crippen LogP contribution in [0.5, 0.6) is 0 Å². The lowest BCUT2D eigenvalue weighted by Crippen LogP contribution is -2.44. The molecule has 0 atom stereocenters. The number of aromatic nitrogens is 2. The first-order chi connectivity index (χ1) is 8.34. The van der Waals surface area contributed by atoms with Gasteiger partial charge >= 0.3 is 0 Å². The van der Waals surface area contributed by atoms with E-state index in [1.54, 1.807) is 6.07 Å². The number of pyridine rings is 1. The summed E-state index contributed by atoms with van der Waals surface area (Å²) in [5, 5.41) is 3.30. The number of piperazine rings is 1. The molecule has 5 heteroatoms. The van der Waals surface area contributed by atoms with Gasteiger partial charge in [-0.05, 0) is 12.1 Å². The monoisotopic (exact) mass is 230 g/mol. The minimum atomic E-state index is -0.176. The molecule has 1 aliphatic rings. The van der Waals surface area contributed by atoms with E-state index in [1.807, 2.05) is 28.8 Å². The molecule has 2 aromatic heterocycles. The Bertz CT molecular complexity index is 586. The summed E-state index contributed by atoms with van der Waals surface area (Å²) < 4.78 is 1.96. The molecule has 17 heavy (non-hydrogen) atoms. The van der Waals surface area contributed by atoms with Crippen LogP contribution >= 0.6 is 0 Å². The summed E-state index contributed by atoms with van der Waals surface area (Å²) in [5.41, 5.74) is 0.526. The van der Waals surface area contributed by atoms with Crippen molar-refractivity contribution in [3.8, 4) is 0 Å². The van der Waals surface area contributed by atoms with Crippen LogP contribution in [0.3, 0.4) is 0 Å². The molecule has 3 heterocycles. The smallest absolute Gasteiger partial charge is 0.275 e. The second-order valence-electron chi connectivity index (χ2n) is 4.12. The van der Waals surface area contributed by atoms with Gasteiger partial charge in [-0.25, -0.2) is 0 Å². The summed E-state index contributed by atoms with van der Waals surface area (Å²) in [7, 11) is 0. The molecule has 88 valence electrons. The molecule has 1 aliphatic heterocycles. The zero-order valence-corrected chi connectivity index (χ0v) is 9.47. The summed E-state index contributed by atoms with van der Waals surface area (Å²) in [6.45, 7) is 3.73. The highest BCUT2D eigenvalue weighted by molar-refractivity contribution is 5.50. The van der Waals surface area contributed by atoms with Gasteiger partial charge in [-0.1, -0.05) is 6.07 Å². The quantitative estimate of drug-likeness (QED) is 0.755. The Hall–Kier alpha value is -1.88. The number of nitrogens with zero attached hydrogens (tertiary/aromatic N) is 3. The van der Waals surface area contributed by atoms with Crippen LogP contribution in [0.15, 0.2) is 35.3 Å². The predicted octanol–water partition coefficient (Wildman–Crippen LogP) is 0.104. The molecule has 0 spiro atoms. The van der Waals surface area contributed by atoms with Gasteiger partial charge in [0.15, 0.2) is 0 Å². The van der Waals surface area contributed by atoms with Crippen LogP contribution in [0.2, 0.25) is 0 Å². The van der Waals surface area contributed by atoms with E-state index in [0.29, 0.717) is 5.65 Å². The van der Waals surface area contributed by atoms with Gasteiger partial charge in [-0.2, -0.15) is 4.98 Å². The lowest BCUT2D eigenvalue weighted by molar-refractivity contribution is 0.582. The number of fused-ring (bicyclic) bond motifs is 1. The van der Waals surface area contributed by atoms with Crippen LogP contribution in [0, 0.1) is 0 Å². The molecule has 1 N–H and O–H groups in total. The highest BCUT2D eigenvalue weighted by Gasteiger charge is 2.13. The van der Waals surface area contributed by atoms with Gasteiger partial charge < -0.3 is 10.2 Å². The van der Waals surface area contributed by atoms with Gasteiger partial charge in [0.25, 0.3) is 5.56 Å². The van der Waals surface area contributed by atoms with E-state index in [0.717, 1.165) is 32.0 Å². The first kappa shape index (κ1) is 10.3. The third kappa shape index (κ3) is 1.89. The largest absolute Gasteiger partial charge is 0.355 e. The molecule has 0 unspecified atom stereocenters. The van der Waals surface area contributed by atoms with Crippen LogP contribution in [0.25, 0.3) is 5.65 Å². The number of rotatable bonds is 1. The molecular formula is C12H14N4O. The number of hydrogen-bond acceptors (Lipinski definition) is 4. The summed E-state index contributed by atoms with van der Waals surface area (Å²) in [6.07, 6.45) is 1.94. The molecule has 5 nitrogen and oxygen atoms in total. The SMILES string of the molecule is O=c1cc(N2CCNCC2)n2ccccc2n1. The zero-order valence-electron chi connectivity index (χ0n) is 9.47. The lowest BCUT2D eigenvalue weighted by Gasteiger charge is -2.29. The summed E-state index contributed by atoms with van der Waals surface area (Å²) in [5.74, 6) is 0.933. The topological polar surface area (TPSA) is 49.6 Å². The van der Waals surface area contributed by atoms with E-state index in [4.69, 9.17) is 0 Å². The highest BCUT2D eigenvalue weighted by Crippen LogP contribution is 2.13. The van der Waals surface area contributed by atoms with Crippen molar-refractivity contribution in [3.63, 3.8) is 0 Å². The fourth-order valence-corrected chi connectivity index (χ4v) is 2.18. The molecule has 0 amide bonds. The maximum atomic E-state index is 11.6. The van der Waals surface area contributed by atoms with E-state index < -0.39 is 0 Å². The van der Waals surface area contributed by atoms with Crippen molar-refractivity contribution in [2.75, 3.05) is 31.1 Å². The highest BCUT2D eigenvalue weighted by atomic mass is 16.1. The molecule has 0 aliphatic carbocycles. The average Bonchev–Trinajstić information content (AvgIpc) is 2.39. The van der Waals surface area contributed by atoms with Crippen molar-refractivity contribution in [2.24, 2.45) is 0 Å². The summed E-state index contributed by atoms with van der Waals surface area (Å²) >= 11 is 0. The first-order valence-corrected chi connectivity index (χ1v) is 5.79. The Kier molecular flexibility index (Phi) is 2.53. The van der Waals surface area contributed by atoms with Crippen molar-refractivity contribution >= 4 is 11.5 Å². The van der Waals surface area contributed by atoms with Gasteiger partial charge in [0.2, 0.25) is 0 Å². The van der Waals surface area contributed by atoms with E-state index in [-0.39, 0.29) is 5.56 Å². The number of nitrogens with one attached hydrogen (secondary N) is 1. The van der Waals surface area contributed by atoms with Crippen LogP contribution in [0.1, 0.15) is 0 Å². The average molecular weight is 230 g/mol. The zero-order chi connectivity index (χ0) is 11.7. The van der Waals surface area contributed by atoms with Crippen molar-refractivity contribution < 1.29 is 0 Å². The van der Waals surface area contributed by atoms with Crippen LogP contribution in [-0.4, -0.2) is 35.6 Å². The Morgan fingerprint density at radius 1 is 1.24 bits per heavy atom. The standard InChI is InChI=1S/C12H14N4O/c17-11-9-12(15-7-4-13-5-8-15)16-6-2-1-3-10(16)14-11/h1-3,6,9,13H,4-5,7-8H2. The van der Waals surface area contributed by atoms with Gasteiger partial charge in [0.1, 0.15) is 11.5 Å². The van der Waals surface area contributed by atoms with Crippen molar-refractivity contribution in [1.82, 2.24) is 14.7 Å². The Balaban J connectivity index is 2.16. The molecule has 0 saturated carbocycles. The van der Waals surface area contributed by atoms with Gasteiger partial charge in [-0.3, -0.25) is 9.20 Å². The molecule has 1 fully saturated rings. The second kappa shape index (κ2) is 4.18. The Morgan fingerprint density at radius 2 is 2.06 bits per heavy atom. The molecular weight excluding hydrogens is 216 g/mol. The van der Waals surface area contributed by atoms with Crippen LogP contribution < -0.4 is 15.8 Å². The van der Waals surface area contributed by atoms with Crippen LogP contribution in [-0.2, 0) is 0 Å². The summed E-state index contributed by atoms with van der Waals surface area (Å²) in [6, 6.07) is 7.31. The summed E-state index contributed by atoms with van der Waals surface area (Å²) in [4.78, 5) is 17.8. The molecule has 0 aromatic carbocycles. The second-order valence-corrected chi connectivity index (χ2v) is 4.12. The lowest BCUT2D eigenvalue weighted by atomic mass is 10.3. The predicted molar refractivity (Wildman–Crippen MR) is 66.5 cm³/mol. The number of hydrogen-bond donors (Lipinski definition) is 1. The van der Waals surface area contributed by atoms with Crippen LogP contribution in [0.4, 0.5) is 5.82 Å². The van der Waals surface area contributed by atoms with E-state index in [2.05, 4.69) is 15.2 Å². The maximum absolute atomic E-state index is 11.6. The molecule has 0 bridgehead atoms. The normalized spacial score (nSPS) is 16.4. The minimum absolute atomic E-state index is 0.176. The Labute approximate surface area is 98.7 Å². The van der Waals surface area contributed by atoms with Crippen molar-refractivity contribution in [3.05, 3.63) is 40.8 Å².